The van der Waals surface area contributed by atoms with Crippen LogP contribution in [-0.2, 0) is 0 Å². The maximum atomic E-state index is 9.58. The lowest BCUT2D eigenvalue weighted by molar-refractivity contribution is 0.151. The molecule has 0 spiro atoms. The minimum absolute atomic E-state index is 0.203. The maximum absolute atomic E-state index is 9.58. The maximum Gasteiger partial charge on any atom is 0.232 e. The Kier molecular flexibility index (Phi) is 3.20. The van der Waals surface area contributed by atoms with Crippen molar-refractivity contribution in [1.82, 2.24) is 15.1 Å². The van der Waals surface area contributed by atoms with Crippen molar-refractivity contribution in [3.8, 4) is 11.5 Å². The third-order valence-corrected chi connectivity index (χ3v) is 3.44. The van der Waals surface area contributed by atoms with Gasteiger partial charge in [-0.25, -0.2) is 0 Å². The lowest BCUT2D eigenvalue weighted by Gasteiger charge is -2.08. The molecule has 0 radical (unpaired) electrons. The first-order valence-electron chi connectivity index (χ1n) is 6.52. The molecule has 0 amide bonds. The number of aliphatic hydroxyl groups is 1. The van der Waals surface area contributed by atoms with Gasteiger partial charge < -0.3 is 9.63 Å². The molecular formula is C15H15N3O2. The normalized spacial score (nSPS) is 14.3. The molecule has 2 unspecified atom stereocenters. The minimum atomic E-state index is -0.538. The van der Waals surface area contributed by atoms with Gasteiger partial charge in [0.1, 0.15) is 5.69 Å². The van der Waals surface area contributed by atoms with Gasteiger partial charge in [0.05, 0.1) is 12.0 Å². The molecule has 2 aromatic heterocycles. The fourth-order valence-electron chi connectivity index (χ4n) is 2.02. The summed E-state index contributed by atoms with van der Waals surface area (Å²) < 4.78 is 5.23. The molecule has 2 atom stereocenters. The van der Waals surface area contributed by atoms with Gasteiger partial charge in [-0.3, -0.25) is 4.98 Å². The van der Waals surface area contributed by atoms with Gasteiger partial charge in [0.2, 0.25) is 11.7 Å². The Labute approximate surface area is 116 Å². The average molecular weight is 269 g/mol. The van der Waals surface area contributed by atoms with E-state index in [1.54, 1.807) is 13.1 Å². The molecule has 0 fully saturated rings. The summed E-state index contributed by atoms with van der Waals surface area (Å²) in [5.74, 6) is 0.667. The highest BCUT2D eigenvalue weighted by molar-refractivity contribution is 5.92. The highest BCUT2D eigenvalue weighted by Crippen LogP contribution is 2.26. The summed E-state index contributed by atoms with van der Waals surface area (Å²) in [6, 6.07) is 9.86. The summed E-state index contributed by atoms with van der Waals surface area (Å²) in [7, 11) is 0. The Balaban J connectivity index is 2.08. The smallest absolute Gasteiger partial charge is 0.232 e. The Morgan fingerprint density at radius 2 is 1.95 bits per heavy atom. The highest BCUT2D eigenvalue weighted by atomic mass is 16.5. The number of nitrogens with zero attached hydrogens (tertiary/aromatic N) is 3. The lowest BCUT2D eigenvalue weighted by Crippen LogP contribution is -2.11. The van der Waals surface area contributed by atoms with E-state index in [1.807, 2.05) is 37.3 Å². The van der Waals surface area contributed by atoms with Crippen LogP contribution in [0.2, 0.25) is 0 Å². The standard InChI is InChI=1S/C15H15N3O2/c1-9(10(2)19)15-17-14(18-20-15)13-12-6-4-3-5-11(12)7-8-16-13/h3-10,19H,1-2H3. The van der Waals surface area contributed by atoms with Gasteiger partial charge in [0.15, 0.2) is 0 Å². The molecule has 3 rings (SSSR count). The Morgan fingerprint density at radius 1 is 1.15 bits per heavy atom. The van der Waals surface area contributed by atoms with Crippen molar-refractivity contribution in [2.24, 2.45) is 0 Å². The molecule has 0 aliphatic heterocycles. The van der Waals surface area contributed by atoms with E-state index in [0.29, 0.717) is 17.4 Å². The molecule has 5 heteroatoms. The molecule has 0 aliphatic carbocycles. The summed E-state index contributed by atoms with van der Waals surface area (Å²) >= 11 is 0. The van der Waals surface area contributed by atoms with E-state index < -0.39 is 6.10 Å². The quantitative estimate of drug-likeness (QED) is 0.791. The van der Waals surface area contributed by atoms with Crippen molar-refractivity contribution in [1.29, 1.82) is 0 Å². The molecule has 3 aromatic rings. The molecule has 1 aromatic carbocycles. The van der Waals surface area contributed by atoms with Crippen molar-refractivity contribution in [3.63, 3.8) is 0 Å². The zero-order valence-electron chi connectivity index (χ0n) is 11.3. The van der Waals surface area contributed by atoms with E-state index in [0.717, 1.165) is 10.8 Å². The Bertz CT molecular complexity index is 731. The molecule has 1 N–H and O–H groups in total. The van der Waals surface area contributed by atoms with E-state index in [4.69, 9.17) is 4.52 Å². The number of aromatic nitrogens is 3. The van der Waals surface area contributed by atoms with E-state index in [2.05, 4.69) is 15.1 Å². The van der Waals surface area contributed by atoms with E-state index in [-0.39, 0.29) is 5.92 Å². The van der Waals surface area contributed by atoms with Gasteiger partial charge in [-0.1, -0.05) is 36.3 Å². The van der Waals surface area contributed by atoms with Crippen molar-refractivity contribution < 1.29 is 9.63 Å². The summed E-state index contributed by atoms with van der Waals surface area (Å²) in [4.78, 5) is 8.70. The fourth-order valence-corrected chi connectivity index (χ4v) is 2.02. The number of aliphatic hydroxyl groups excluding tert-OH is 1. The molecule has 2 heterocycles. The van der Waals surface area contributed by atoms with Gasteiger partial charge in [-0.2, -0.15) is 4.98 Å². The molecule has 0 bridgehead atoms. The van der Waals surface area contributed by atoms with Crippen molar-refractivity contribution >= 4 is 10.8 Å². The molecule has 20 heavy (non-hydrogen) atoms. The summed E-state index contributed by atoms with van der Waals surface area (Å²) in [5.41, 5.74) is 0.691. The zero-order chi connectivity index (χ0) is 14.1. The molecule has 0 saturated heterocycles. The number of pyridine rings is 1. The summed E-state index contributed by atoms with van der Waals surface area (Å²) in [6.45, 7) is 3.54. The van der Waals surface area contributed by atoms with Crippen LogP contribution in [0.3, 0.4) is 0 Å². The van der Waals surface area contributed by atoms with Crippen molar-refractivity contribution in [3.05, 3.63) is 42.4 Å². The van der Waals surface area contributed by atoms with E-state index in [1.165, 1.54) is 0 Å². The number of fused-ring (bicyclic) bond motifs is 1. The van der Waals surface area contributed by atoms with E-state index in [9.17, 15) is 5.11 Å². The van der Waals surface area contributed by atoms with Crippen molar-refractivity contribution in [2.45, 2.75) is 25.9 Å². The minimum Gasteiger partial charge on any atom is -0.393 e. The topological polar surface area (TPSA) is 72.0 Å². The second-order valence-corrected chi connectivity index (χ2v) is 4.87. The number of hydrogen-bond acceptors (Lipinski definition) is 5. The fraction of sp³-hybridized carbons (Fsp3) is 0.267. The van der Waals surface area contributed by atoms with Crippen LogP contribution in [0, 0.1) is 0 Å². The van der Waals surface area contributed by atoms with Crippen LogP contribution in [0.1, 0.15) is 25.7 Å². The highest BCUT2D eigenvalue weighted by Gasteiger charge is 2.20. The number of hydrogen-bond donors (Lipinski definition) is 1. The molecule has 5 nitrogen and oxygen atoms in total. The van der Waals surface area contributed by atoms with Gasteiger partial charge in [-0.05, 0) is 18.4 Å². The van der Waals surface area contributed by atoms with Gasteiger partial charge in [0.25, 0.3) is 0 Å². The number of benzene rings is 1. The van der Waals surface area contributed by atoms with Crippen molar-refractivity contribution in [2.75, 3.05) is 0 Å². The van der Waals surface area contributed by atoms with Crippen LogP contribution < -0.4 is 0 Å². The Hall–Kier alpha value is -2.27. The van der Waals surface area contributed by atoms with Crippen LogP contribution in [0.25, 0.3) is 22.3 Å². The third kappa shape index (κ3) is 2.16. The molecular weight excluding hydrogens is 254 g/mol. The zero-order valence-corrected chi connectivity index (χ0v) is 11.3. The second kappa shape index (κ2) is 5.02. The van der Waals surface area contributed by atoms with Crippen LogP contribution in [0.5, 0.6) is 0 Å². The molecule has 102 valence electrons. The monoisotopic (exact) mass is 269 g/mol. The first kappa shape index (κ1) is 12.7. The van der Waals surface area contributed by atoms with Crippen LogP contribution >= 0.6 is 0 Å². The first-order chi connectivity index (χ1) is 9.66. The van der Waals surface area contributed by atoms with Crippen LogP contribution in [-0.4, -0.2) is 26.3 Å². The molecule has 0 saturated carbocycles. The second-order valence-electron chi connectivity index (χ2n) is 4.87. The van der Waals surface area contributed by atoms with Gasteiger partial charge in [-0.15, -0.1) is 0 Å². The summed E-state index contributed by atoms with van der Waals surface area (Å²) in [5, 5.41) is 15.6. The number of rotatable bonds is 3. The van der Waals surface area contributed by atoms with Crippen LogP contribution in [0.4, 0.5) is 0 Å². The van der Waals surface area contributed by atoms with E-state index >= 15 is 0 Å². The Morgan fingerprint density at radius 3 is 2.75 bits per heavy atom. The average Bonchev–Trinajstić information content (AvgIpc) is 2.95. The SMILES string of the molecule is CC(O)C(C)c1nc(-c2nccc3ccccc23)no1. The predicted octanol–water partition coefficient (Wildman–Crippen LogP) is 2.77. The van der Waals surface area contributed by atoms with Gasteiger partial charge >= 0.3 is 0 Å². The third-order valence-electron chi connectivity index (χ3n) is 3.44. The van der Waals surface area contributed by atoms with Gasteiger partial charge in [0, 0.05) is 11.6 Å². The lowest BCUT2D eigenvalue weighted by atomic mass is 10.1. The predicted molar refractivity (Wildman–Crippen MR) is 75.1 cm³/mol. The van der Waals surface area contributed by atoms with Crippen LogP contribution in [0.15, 0.2) is 41.1 Å². The molecule has 0 aliphatic rings. The summed E-state index contributed by atoms with van der Waals surface area (Å²) in [6.07, 6.45) is 1.19. The first-order valence-corrected chi connectivity index (χ1v) is 6.52. The largest absolute Gasteiger partial charge is 0.393 e.